The molecule has 304 valence electrons. The summed E-state index contributed by atoms with van der Waals surface area (Å²) in [5.74, 6) is 1.30. The number of hydrogen-bond acceptors (Lipinski definition) is 15. The number of ether oxygens (including phenoxy) is 2. The first-order valence-electron chi connectivity index (χ1n) is 18.0. The van der Waals surface area contributed by atoms with Crippen LogP contribution < -0.4 is 31.1 Å². The third kappa shape index (κ3) is 7.94. The number of urea groups is 1. The van der Waals surface area contributed by atoms with Crippen LogP contribution in [0.2, 0.25) is 0 Å². The fourth-order valence-corrected chi connectivity index (χ4v) is 7.28. The zero-order valence-corrected chi connectivity index (χ0v) is 34.2. The molecule has 4 bridgehead atoms. The lowest BCUT2D eigenvalue weighted by atomic mass is 10.1. The fourth-order valence-electron chi connectivity index (χ4n) is 7.28. The average molecular weight is 829 g/mol. The predicted octanol–water partition coefficient (Wildman–Crippen LogP) is 4.03. The van der Waals surface area contributed by atoms with E-state index in [9.17, 15) is 14.4 Å². The van der Waals surface area contributed by atoms with Crippen molar-refractivity contribution in [3.63, 3.8) is 0 Å². The number of rotatable bonds is 3. The Bertz CT molecular complexity index is 2500. The van der Waals surface area contributed by atoms with Gasteiger partial charge in [0.2, 0.25) is 0 Å². The number of nitrogen functional groups attached to an aromatic ring is 1. The van der Waals surface area contributed by atoms with Gasteiger partial charge in [0.1, 0.15) is 5.82 Å². The quantitative estimate of drug-likeness (QED) is 0.158. The molecule has 4 aliphatic heterocycles. The molecule has 2 atom stereocenters. The Morgan fingerprint density at radius 2 is 1.41 bits per heavy atom. The number of anilines is 6. The van der Waals surface area contributed by atoms with E-state index < -0.39 is 11.9 Å². The lowest BCUT2D eigenvalue weighted by molar-refractivity contribution is 0.0585. The molecule has 4 aliphatic rings. The molecule has 6 aromatic rings. The summed E-state index contributed by atoms with van der Waals surface area (Å²) >= 11 is 0. The molecule has 10 heterocycles. The van der Waals surface area contributed by atoms with Crippen LogP contribution in [0.3, 0.4) is 0 Å². The van der Waals surface area contributed by atoms with E-state index in [0.29, 0.717) is 40.5 Å². The SMILES string of the molecule is COC(=O)c1ccc2c(n1)N(C(=O)Nc1n[nH]c3nc(C)ccc13)[C@H]1CCN2C1.COC(=O)c1ccc2c(n1)N[C@H]1CCN2C1.Cc1ccc2c(N)[nH]nc2n1.S.S. The summed E-state index contributed by atoms with van der Waals surface area (Å²) in [6, 6.07) is 14.7. The number of fused-ring (bicyclic) bond motifs is 10. The van der Waals surface area contributed by atoms with Gasteiger partial charge in [0, 0.05) is 43.6 Å². The number of nitrogens with two attached hydrogens (primary N) is 1. The van der Waals surface area contributed by atoms with Crippen molar-refractivity contribution < 1.29 is 23.9 Å². The number of amides is 2. The van der Waals surface area contributed by atoms with Crippen molar-refractivity contribution in [2.75, 3.05) is 71.5 Å². The minimum Gasteiger partial charge on any atom is -0.464 e. The Morgan fingerprint density at radius 1 is 0.759 bits per heavy atom. The molecule has 0 spiro atoms. The van der Waals surface area contributed by atoms with Crippen LogP contribution in [0.1, 0.15) is 45.2 Å². The summed E-state index contributed by atoms with van der Waals surface area (Å²) in [5, 5.41) is 21.5. The van der Waals surface area contributed by atoms with Crippen LogP contribution in [-0.4, -0.2) is 111 Å². The first-order chi connectivity index (χ1) is 27.1. The monoisotopic (exact) mass is 828 g/mol. The van der Waals surface area contributed by atoms with E-state index in [1.54, 1.807) is 17.0 Å². The van der Waals surface area contributed by atoms with Gasteiger partial charge in [0.05, 0.1) is 42.4 Å². The third-order valence-corrected chi connectivity index (χ3v) is 10.1. The van der Waals surface area contributed by atoms with Crippen LogP contribution in [0.15, 0.2) is 48.5 Å². The smallest absolute Gasteiger partial charge is 0.356 e. The summed E-state index contributed by atoms with van der Waals surface area (Å²) in [7, 11) is 2.67. The Labute approximate surface area is 346 Å². The number of pyridine rings is 4. The molecule has 0 saturated carbocycles. The van der Waals surface area contributed by atoms with Crippen LogP contribution in [0.25, 0.3) is 22.1 Å². The van der Waals surface area contributed by atoms with Crippen molar-refractivity contribution in [2.24, 2.45) is 0 Å². The molecule has 6 aromatic heterocycles. The van der Waals surface area contributed by atoms with Crippen molar-refractivity contribution >= 4 is 102 Å². The number of methoxy groups -OCH3 is 2. The number of carbonyl (C=O) groups is 3. The number of esters is 2. The van der Waals surface area contributed by atoms with Crippen molar-refractivity contribution in [3.05, 3.63) is 71.3 Å². The molecule has 19 nitrogen and oxygen atoms in total. The first-order valence-corrected chi connectivity index (χ1v) is 18.0. The summed E-state index contributed by atoms with van der Waals surface area (Å²) in [6.45, 7) is 7.46. The molecule has 0 aliphatic carbocycles. The van der Waals surface area contributed by atoms with Gasteiger partial charge >= 0.3 is 18.0 Å². The summed E-state index contributed by atoms with van der Waals surface area (Å²) in [4.78, 5) is 59.9. The van der Waals surface area contributed by atoms with E-state index >= 15 is 0 Å². The van der Waals surface area contributed by atoms with E-state index in [-0.39, 0.29) is 44.8 Å². The number of nitrogens with zero attached hydrogens (tertiary/aromatic N) is 9. The first kappa shape index (κ1) is 41.3. The van der Waals surface area contributed by atoms with Gasteiger partial charge in [-0.15, -0.1) is 0 Å². The number of hydrogen-bond donors (Lipinski definition) is 5. The molecule has 10 rings (SSSR count). The van der Waals surface area contributed by atoms with E-state index in [0.717, 1.165) is 78.4 Å². The minimum atomic E-state index is -0.541. The Kier molecular flexibility index (Phi) is 12.1. The van der Waals surface area contributed by atoms with E-state index in [1.165, 1.54) is 14.2 Å². The molecule has 2 fully saturated rings. The largest absolute Gasteiger partial charge is 0.464 e. The van der Waals surface area contributed by atoms with Crippen LogP contribution in [0.5, 0.6) is 0 Å². The van der Waals surface area contributed by atoms with Gasteiger partial charge in [-0.2, -0.15) is 37.2 Å². The maximum Gasteiger partial charge on any atom is 0.356 e. The summed E-state index contributed by atoms with van der Waals surface area (Å²) in [5.41, 5.74) is 11.1. The number of aryl methyl sites for hydroxylation is 2. The second-order valence-corrected chi connectivity index (χ2v) is 13.7. The highest BCUT2D eigenvalue weighted by atomic mass is 32.1. The maximum absolute atomic E-state index is 13.2. The van der Waals surface area contributed by atoms with Crippen molar-refractivity contribution in [1.82, 2.24) is 40.3 Å². The van der Waals surface area contributed by atoms with E-state index in [1.807, 2.05) is 50.2 Å². The van der Waals surface area contributed by atoms with Crippen LogP contribution in [0.4, 0.5) is 39.4 Å². The number of aromatic nitrogens is 8. The molecular weight excluding hydrogens is 785 g/mol. The number of carbonyl (C=O) groups excluding carboxylic acids is 3. The second-order valence-electron chi connectivity index (χ2n) is 13.7. The molecular formula is C37H44N14O5S2. The van der Waals surface area contributed by atoms with Gasteiger partial charge in [-0.1, -0.05) is 0 Å². The molecule has 6 N–H and O–H groups in total. The zero-order valence-electron chi connectivity index (χ0n) is 32.2. The van der Waals surface area contributed by atoms with Crippen LogP contribution in [-0.2, 0) is 9.47 Å². The highest BCUT2D eigenvalue weighted by Crippen LogP contribution is 2.39. The lowest BCUT2D eigenvalue weighted by Gasteiger charge is -2.35. The topological polar surface area (TPSA) is 238 Å². The number of nitrogens with one attached hydrogen (secondary N) is 4. The minimum absolute atomic E-state index is 0. The zero-order chi connectivity index (χ0) is 39.1. The highest BCUT2D eigenvalue weighted by molar-refractivity contribution is 7.59. The van der Waals surface area contributed by atoms with Crippen molar-refractivity contribution in [1.29, 1.82) is 0 Å². The van der Waals surface area contributed by atoms with E-state index in [4.69, 9.17) is 10.5 Å². The molecule has 58 heavy (non-hydrogen) atoms. The average Bonchev–Trinajstić information content (AvgIpc) is 4.00. The predicted molar refractivity (Wildman–Crippen MR) is 230 cm³/mol. The molecule has 0 radical (unpaired) electrons. The normalized spacial score (nSPS) is 16.6. The third-order valence-electron chi connectivity index (χ3n) is 10.1. The van der Waals surface area contributed by atoms with Crippen molar-refractivity contribution in [2.45, 2.75) is 38.8 Å². The molecule has 0 aromatic carbocycles. The van der Waals surface area contributed by atoms with Gasteiger partial charge in [0.25, 0.3) is 0 Å². The van der Waals surface area contributed by atoms with Gasteiger partial charge in [-0.3, -0.25) is 20.4 Å². The highest BCUT2D eigenvalue weighted by Gasteiger charge is 2.41. The summed E-state index contributed by atoms with van der Waals surface area (Å²) in [6.07, 6.45) is 1.95. The van der Waals surface area contributed by atoms with Gasteiger partial charge < -0.3 is 30.3 Å². The van der Waals surface area contributed by atoms with Crippen molar-refractivity contribution in [3.8, 4) is 0 Å². The molecule has 2 amide bonds. The maximum atomic E-state index is 13.2. The van der Waals surface area contributed by atoms with Crippen LogP contribution in [0, 0.1) is 13.8 Å². The number of H-pyrrole nitrogens is 2. The van der Waals surface area contributed by atoms with Crippen LogP contribution >= 0.6 is 27.0 Å². The standard InChI is InChI=1S/C19H19N7O3.C11H13N3O2.C7H8N4.2H2S/c1-10-3-4-12-15(20-10)23-24-16(12)22-19(28)26-11-7-8-25(9-11)14-6-5-13(18(27)29-2)21-17(14)26;1-16-11(15)8-2-3-9-10(13-8)12-7-4-5-14(9)6-7;1-4-2-3-5-6(8)10-11-7(5)9-4;;/h3-6,11H,7-9H2,1-2H3,(H2,20,22,23,24,28);2-3,7H,4-6H2,1H3,(H,12,13);2-3H,1H3,(H3,8,9,10,11);2*1H2/t11-;7-;;;/m00.../s1. The molecule has 2 saturated heterocycles. The van der Waals surface area contributed by atoms with Gasteiger partial charge in [-0.05, 0) is 75.2 Å². The Hall–Kier alpha value is -6.35. The Balaban J connectivity index is 0.000000164. The van der Waals surface area contributed by atoms with Gasteiger partial charge in [-0.25, -0.2) is 34.3 Å². The van der Waals surface area contributed by atoms with E-state index in [2.05, 4.69) is 65.5 Å². The molecule has 21 heteroatoms. The number of aromatic amines is 2. The Morgan fingerprint density at radius 3 is 2.16 bits per heavy atom. The summed E-state index contributed by atoms with van der Waals surface area (Å²) < 4.78 is 9.43. The fraction of sp³-hybridized carbons (Fsp3) is 0.324. The van der Waals surface area contributed by atoms with Gasteiger partial charge in [0.15, 0.2) is 40.1 Å². The molecule has 0 unspecified atom stereocenters. The second kappa shape index (κ2) is 17.0. The lowest BCUT2D eigenvalue weighted by Crippen LogP contribution is -2.48.